The van der Waals surface area contributed by atoms with Gasteiger partial charge in [-0.3, -0.25) is 19.3 Å². The van der Waals surface area contributed by atoms with Gasteiger partial charge in [-0.1, -0.05) is 42.0 Å². The number of nitrogens with zero attached hydrogens (tertiary/aromatic N) is 2. The predicted octanol–water partition coefficient (Wildman–Crippen LogP) is 4.15. The van der Waals surface area contributed by atoms with E-state index in [1.165, 1.54) is 0 Å². The van der Waals surface area contributed by atoms with Crippen LogP contribution < -0.4 is 9.64 Å². The molecule has 6 heteroatoms. The molecule has 0 spiro atoms. The lowest BCUT2D eigenvalue weighted by molar-refractivity contribution is -0.130. The Bertz CT molecular complexity index is 1180. The lowest BCUT2D eigenvalue weighted by atomic mass is 9.86. The molecule has 160 valence electrons. The molecule has 1 fully saturated rings. The monoisotopic (exact) mass is 426 g/mol. The lowest BCUT2D eigenvalue weighted by Gasteiger charge is -2.49. The average Bonchev–Trinajstić information content (AvgIpc) is 3.05. The van der Waals surface area contributed by atoms with Crippen molar-refractivity contribution in [3.8, 4) is 5.75 Å². The molecular formula is C26H22N2O4. The van der Waals surface area contributed by atoms with Crippen molar-refractivity contribution in [3.63, 3.8) is 0 Å². The zero-order valence-electron chi connectivity index (χ0n) is 17.8. The minimum Gasteiger partial charge on any atom is -0.494 e. The SMILES string of the molecule is CCOc1ccc(N2C(=O)[C@@H](N3C(=O)c4ccccc4C3=O)[C@H]2c2ccc(C)cc2)cc1. The number of β-lactam (4-membered cyclic amide) rings is 1. The van der Waals surface area contributed by atoms with Crippen LogP contribution in [-0.2, 0) is 4.79 Å². The number of carbonyl (C=O) groups is 3. The van der Waals surface area contributed by atoms with Gasteiger partial charge in [-0.05, 0) is 55.8 Å². The molecule has 0 unspecified atom stereocenters. The van der Waals surface area contributed by atoms with Crippen LogP contribution in [-0.4, -0.2) is 35.3 Å². The van der Waals surface area contributed by atoms with Crippen LogP contribution in [0.2, 0.25) is 0 Å². The lowest BCUT2D eigenvalue weighted by Crippen LogP contribution is -2.67. The number of fused-ring (bicyclic) bond motifs is 1. The minimum absolute atomic E-state index is 0.283. The Balaban J connectivity index is 1.54. The molecule has 6 nitrogen and oxygen atoms in total. The number of rotatable bonds is 5. The van der Waals surface area contributed by atoms with Crippen molar-refractivity contribution in [3.05, 3.63) is 95.1 Å². The summed E-state index contributed by atoms with van der Waals surface area (Å²) < 4.78 is 5.51. The molecule has 0 aromatic heterocycles. The van der Waals surface area contributed by atoms with Gasteiger partial charge in [-0.15, -0.1) is 0 Å². The molecule has 2 aliphatic rings. The molecule has 32 heavy (non-hydrogen) atoms. The zero-order valence-corrected chi connectivity index (χ0v) is 17.8. The molecule has 1 saturated heterocycles. The predicted molar refractivity (Wildman–Crippen MR) is 120 cm³/mol. The number of benzene rings is 3. The third kappa shape index (κ3) is 2.99. The number of hydrogen-bond donors (Lipinski definition) is 0. The van der Waals surface area contributed by atoms with E-state index in [-0.39, 0.29) is 5.91 Å². The summed E-state index contributed by atoms with van der Waals surface area (Å²) in [7, 11) is 0. The third-order valence-corrected chi connectivity index (χ3v) is 6.02. The van der Waals surface area contributed by atoms with Gasteiger partial charge in [-0.2, -0.15) is 0 Å². The molecule has 2 aliphatic heterocycles. The van der Waals surface area contributed by atoms with Crippen molar-refractivity contribution in [2.45, 2.75) is 25.9 Å². The molecular weight excluding hydrogens is 404 g/mol. The van der Waals surface area contributed by atoms with Gasteiger partial charge in [0.15, 0.2) is 0 Å². The van der Waals surface area contributed by atoms with E-state index < -0.39 is 23.9 Å². The van der Waals surface area contributed by atoms with E-state index in [2.05, 4.69) is 0 Å². The highest BCUT2D eigenvalue weighted by atomic mass is 16.5. The zero-order chi connectivity index (χ0) is 22.4. The van der Waals surface area contributed by atoms with E-state index >= 15 is 0 Å². The first-order valence-corrected chi connectivity index (χ1v) is 10.6. The highest BCUT2D eigenvalue weighted by molar-refractivity contribution is 6.24. The first-order valence-electron chi connectivity index (χ1n) is 10.6. The fraction of sp³-hybridized carbons (Fsp3) is 0.192. The Labute approximate surface area is 186 Å². The Kier molecular flexibility index (Phi) is 4.78. The smallest absolute Gasteiger partial charge is 0.262 e. The number of imide groups is 1. The standard InChI is InChI=1S/C26H22N2O4/c1-3-32-19-14-12-18(13-15-19)27-22(17-10-8-16(2)9-11-17)23(26(27)31)28-24(29)20-6-4-5-7-21(20)25(28)30/h4-15,22-23H,3H2,1-2H3/t22-,23+/m1/s1. The summed E-state index contributed by atoms with van der Waals surface area (Å²) in [5.74, 6) is -0.415. The highest BCUT2D eigenvalue weighted by Gasteiger charge is 2.57. The van der Waals surface area contributed by atoms with Gasteiger partial charge in [0.25, 0.3) is 17.7 Å². The van der Waals surface area contributed by atoms with Crippen molar-refractivity contribution in [2.24, 2.45) is 0 Å². The highest BCUT2D eigenvalue weighted by Crippen LogP contribution is 2.44. The van der Waals surface area contributed by atoms with E-state index in [0.717, 1.165) is 16.0 Å². The maximum atomic E-state index is 13.4. The molecule has 0 bridgehead atoms. The van der Waals surface area contributed by atoms with Crippen LogP contribution in [0.25, 0.3) is 0 Å². The fourth-order valence-electron chi connectivity index (χ4n) is 4.44. The number of amides is 3. The molecule has 3 aromatic carbocycles. The van der Waals surface area contributed by atoms with E-state index in [1.54, 1.807) is 29.2 Å². The van der Waals surface area contributed by atoms with Crippen LogP contribution in [0.15, 0.2) is 72.8 Å². The number of aryl methyl sites for hydroxylation is 1. The summed E-state index contributed by atoms with van der Waals surface area (Å²) in [6, 6.07) is 20.4. The Hall–Kier alpha value is -3.93. The average molecular weight is 426 g/mol. The van der Waals surface area contributed by atoms with Gasteiger partial charge in [-0.25, -0.2) is 0 Å². The Morgan fingerprint density at radius 3 is 1.91 bits per heavy atom. The second-order valence-corrected chi connectivity index (χ2v) is 7.96. The van der Waals surface area contributed by atoms with Crippen LogP contribution in [0, 0.1) is 6.92 Å². The third-order valence-electron chi connectivity index (χ3n) is 6.02. The molecule has 3 amide bonds. The summed E-state index contributed by atoms with van der Waals surface area (Å²) in [6.07, 6.45) is 0. The van der Waals surface area contributed by atoms with E-state index in [9.17, 15) is 14.4 Å². The van der Waals surface area contributed by atoms with Gasteiger partial charge in [0.2, 0.25) is 0 Å². The summed E-state index contributed by atoms with van der Waals surface area (Å²) in [5.41, 5.74) is 3.33. The van der Waals surface area contributed by atoms with Crippen molar-refractivity contribution < 1.29 is 19.1 Å². The van der Waals surface area contributed by atoms with Crippen LogP contribution in [0.5, 0.6) is 5.75 Å². The van der Waals surface area contributed by atoms with Crippen molar-refractivity contribution >= 4 is 23.4 Å². The second kappa shape index (κ2) is 7.64. The number of hydrogen-bond acceptors (Lipinski definition) is 4. The number of carbonyl (C=O) groups excluding carboxylic acids is 3. The topological polar surface area (TPSA) is 66.9 Å². The largest absolute Gasteiger partial charge is 0.494 e. The van der Waals surface area contributed by atoms with Gasteiger partial charge >= 0.3 is 0 Å². The van der Waals surface area contributed by atoms with Crippen LogP contribution in [0.4, 0.5) is 5.69 Å². The summed E-state index contributed by atoms with van der Waals surface area (Å²) in [6.45, 7) is 4.45. The Morgan fingerprint density at radius 2 is 1.34 bits per heavy atom. The van der Waals surface area contributed by atoms with Crippen LogP contribution in [0.1, 0.15) is 44.8 Å². The van der Waals surface area contributed by atoms with E-state index in [1.807, 2.05) is 62.4 Å². The fourth-order valence-corrected chi connectivity index (χ4v) is 4.44. The molecule has 0 N–H and O–H groups in total. The quantitative estimate of drug-likeness (QED) is 0.454. The Morgan fingerprint density at radius 1 is 0.750 bits per heavy atom. The summed E-state index contributed by atoms with van der Waals surface area (Å²) in [5, 5.41) is 0. The van der Waals surface area contributed by atoms with Crippen LogP contribution >= 0.6 is 0 Å². The van der Waals surface area contributed by atoms with E-state index in [4.69, 9.17) is 4.74 Å². The van der Waals surface area contributed by atoms with E-state index in [0.29, 0.717) is 29.2 Å². The molecule has 2 atom stereocenters. The molecule has 0 saturated carbocycles. The van der Waals surface area contributed by atoms with Gasteiger partial charge in [0.1, 0.15) is 11.8 Å². The van der Waals surface area contributed by atoms with Crippen molar-refractivity contribution in [1.29, 1.82) is 0 Å². The van der Waals surface area contributed by atoms with Crippen molar-refractivity contribution in [2.75, 3.05) is 11.5 Å². The van der Waals surface area contributed by atoms with Gasteiger partial charge in [0, 0.05) is 5.69 Å². The normalized spacial score (nSPS) is 19.8. The summed E-state index contributed by atoms with van der Waals surface area (Å²) >= 11 is 0. The molecule has 5 rings (SSSR count). The minimum atomic E-state index is -0.892. The molecule has 2 heterocycles. The first kappa shape index (κ1) is 20.0. The number of anilines is 1. The van der Waals surface area contributed by atoms with Crippen LogP contribution in [0.3, 0.4) is 0 Å². The van der Waals surface area contributed by atoms with Gasteiger partial charge < -0.3 is 9.64 Å². The summed E-state index contributed by atoms with van der Waals surface area (Å²) in [4.78, 5) is 42.4. The molecule has 0 radical (unpaired) electrons. The molecule has 0 aliphatic carbocycles. The van der Waals surface area contributed by atoms with Crippen molar-refractivity contribution in [1.82, 2.24) is 4.90 Å². The molecule has 3 aromatic rings. The first-order chi connectivity index (χ1) is 15.5. The van der Waals surface area contributed by atoms with Gasteiger partial charge in [0.05, 0.1) is 23.8 Å². The maximum absolute atomic E-state index is 13.4. The number of ether oxygens (including phenoxy) is 1. The second-order valence-electron chi connectivity index (χ2n) is 7.96. The maximum Gasteiger partial charge on any atom is 0.262 e.